The number of carbonyl (C=O) groups excluding carboxylic acids is 1. The van der Waals surface area contributed by atoms with Gasteiger partial charge in [0.2, 0.25) is 5.91 Å². The van der Waals surface area contributed by atoms with E-state index in [0.29, 0.717) is 22.9 Å². The van der Waals surface area contributed by atoms with Gasteiger partial charge in [0.15, 0.2) is 11.0 Å². The molecule has 0 bridgehead atoms. The average Bonchev–Trinajstić information content (AvgIpc) is 2.99. The number of nitrogens with one attached hydrogen (secondary N) is 1. The molecule has 0 aliphatic heterocycles. The highest BCUT2D eigenvalue weighted by molar-refractivity contribution is 7.99. The number of aromatic nitrogens is 3. The van der Waals surface area contributed by atoms with Crippen LogP contribution in [-0.2, 0) is 11.8 Å². The Morgan fingerprint density at radius 2 is 1.84 bits per heavy atom. The summed E-state index contributed by atoms with van der Waals surface area (Å²) in [4.78, 5) is 12.0. The first-order valence-corrected chi connectivity index (χ1v) is 9.13. The Balaban J connectivity index is 1.55. The van der Waals surface area contributed by atoms with Crippen LogP contribution >= 0.6 is 23.4 Å². The van der Waals surface area contributed by atoms with Crippen molar-refractivity contribution in [3.63, 3.8) is 0 Å². The molecular formula is C18H17ClN4OS. The van der Waals surface area contributed by atoms with Gasteiger partial charge in [0.1, 0.15) is 0 Å². The Hall–Kier alpha value is -2.31. The average molecular weight is 373 g/mol. The van der Waals surface area contributed by atoms with Gasteiger partial charge >= 0.3 is 0 Å². The number of hydrogen-bond donors (Lipinski definition) is 1. The fourth-order valence-electron chi connectivity index (χ4n) is 2.29. The minimum Gasteiger partial charge on any atom is -0.325 e. The fourth-order valence-corrected chi connectivity index (χ4v) is 3.32. The van der Waals surface area contributed by atoms with E-state index in [1.54, 1.807) is 12.1 Å². The van der Waals surface area contributed by atoms with E-state index in [1.165, 1.54) is 11.8 Å². The van der Waals surface area contributed by atoms with Gasteiger partial charge in [0.05, 0.1) is 10.7 Å². The smallest absolute Gasteiger partial charge is 0.225 e. The number of hydrogen-bond acceptors (Lipinski definition) is 4. The molecule has 25 heavy (non-hydrogen) atoms. The second-order valence-electron chi connectivity index (χ2n) is 5.36. The molecule has 1 N–H and O–H groups in total. The van der Waals surface area contributed by atoms with Crippen LogP contribution in [0.15, 0.2) is 59.8 Å². The SMILES string of the molecule is Cn1c(SCCC(=O)Nc2ccccc2Cl)nnc1-c1ccccc1. The normalized spacial score (nSPS) is 10.6. The van der Waals surface area contributed by atoms with Crippen molar-refractivity contribution in [3.8, 4) is 11.4 Å². The Labute approximate surface area is 155 Å². The lowest BCUT2D eigenvalue weighted by molar-refractivity contribution is -0.115. The first kappa shape index (κ1) is 17.5. The van der Waals surface area contributed by atoms with E-state index in [0.717, 1.165) is 16.5 Å². The quantitative estimate of drug-likeness (QED) is 0.657. The van der Waals surface area contributed by atoms with Gasteiger partial charge < -0.3 is 9.88 Å². The minimum absolute atomic E-state index is 0.0777. The van der Waals surface area contributed by atoms with Crippen molar-refractivity contribution in [2.75, 3.05) is 11.1 Å². The van der Waals surface area contributed by atoms with Gasteiger partial charge in [0, 0.05) is 24.8 Å². The monoisotopic (exact) mass is 372 g/mol. The summed E-state index contributed by atoms with van der Waals surface area (Å²) in [6.07, 6.45) is 0.365. The van der Waals surface area contributed by atoms with E-state index >= 15 is 0 Å². The summed E-state index contributed by atoms with van der Waals surface area (Å²) in [5.41, 5.74) is 1.64. The summed E-state index contributed by atoms with van der Waals surface area (Å²) in [6, 6.07) is 17.1. The van der Waals surface area contributed by atoms with Gasteiger partial charge in [-0.2, -0.15) is 0 Å². The number of amides is 1. The number of rotatable bonds is 6. The number of anilines is 1. The molecule has 128 valence electrons. The Morgan fingerprint density at radius 1 is 1.12 bits per heavy atom. The maximum absolute atomic E-state index is 12.0. The van der Waals surface area contributed by atoms with E-state index in [9.17, 15) is 4.79 Å². The molecule has 1 heterocycles. The van der Waals surface area contributed by atoms with Gasteiger partial charge in [-0.15, -0.1) is 10.2 Å². The maximum atomic E-state index is 12.0. The number of benzene rings is 2. The number of halogens is 1. The topological polar surface area (TPSA) is 59.8 Å². The number of thioether (sulfide) groups is 1. The van der Waals surface area contributed by atoms with Crippen LogP contribution in [0, 0.1) is 0 Å². The molecule has 0 aliphatic rings. The highest BCUT2D eigenvalue weighted by Gasteiger charge is 2.12. The van der Waals surface area contributed by atoms with Crippen molar-refractivity contribution in [2.24, 2.45) is 7.05 Å². The molecular weight excluding hydrogens is 356 g/mol. The molecule has 0 radical (unpaired) electrons. The molecule has 0 fully saturated rings. The first-order chi connectivity index (χ1) is 12.1. The summed E-state index contributed by atoms with van der Waals surface area (Å²) in [5, 5.41) is 12.6. The Bertz CT molecular complexity index is 867. The highest BCUT2D eigenvalue weighted by Crippen LogP contribution is 2.24. The lowest BCUT2D eigenvalue weighted by atomic mass is 10.2. The zero-order chi connectivity index (χ0) is 17.6. The number of carbonyl (C=O) groups is 1. The molecule has 3 rings (SSSR count). The maximum Gasteiger partial charge on any atom is 0.225 e. The predicted octanol–water partition coefficient (Wildman–Crippen LogP) is 4.26. The molecule has 2 aromatic carbocycles. The molecule has 0 aliphatic carbocycles. The van der Waals surface area contributed by atoms with Crippen LogP contribution in [0.5, 0.6) is 0 Å². The predicted molar refractivity (Wildman–Crippen MR) is 102 cm³/mol. The van der Waals surface area contributed by atoms with Gasteiger partial charge in [-0.25, -0.2) is 0 Å². The van der Waals surface area contributed by atoms with Crippen LogP contribution in [0.4, 0.5) is 5.69 Å². The largest absolute Gasteiger partial charge is 0.325 e. The molecule has 1 aromatic heterocycles. The number of para-hydroxylation sites is 1. The van der Waals surface area contributed by atoms with Gasteiger partial charge in [-0.3, -0.25) is 4.79 Å². The molecule has 0 atom stereocenters. The standard InChI is InChI=1S/C18H17ClN4OS/c1-23-17(13-7-3-2-4-8-13)21-22-18(23)25-12-11-16(24)20-15-10-6-5-9-14(15)19/h2-10H,11-12H2,1H3,(H,20,24). The summed E-state index contributed by atoms with van der Waals surface area (Å²) >= 11 is 7.54. The molecule has 0 saturated heterocycles. The van der Waals surface area contributed by atoms with Crippen LogP contribution < -0.4 is 5.32 Å². The van der Waals surface area contributed by atoms with E-state index in [2.05, 4.69) is 15.5 Å². The van der Waals surface area contributed by atoms with Crippen molar-refractivity contribution >= 4 is 35.0 Å². The third-order valence-electron chi connectivity index (χ3n) is 3.58. The molecule has 5 nitrogen and oxygen atoms in total. The lowest BCUT2D eigenvalue weighted by Crippen LogP contribution is -2.12. The molecule has 7 heteroatoms. The zero-order valence-electron chi connectivity index (χ0n) is 13.6. The molecule has 0 unspecified atom stereocenters. The third kappa shape index (κ3) is 4.41. The van der Waals surface area contributed by atoms with E-state index in [-0.39, 0.29) is 5.91 Å². The van der Waals surface area contributed by atoms with E-state index in [4.69, 9.17) is 11.6 Å². The Kier molecular flexibility index (Phi) is 5.73. The second-order valence-corrected chi connectivity index (χ2v) is 6.83. The molecule has 1 amide bonds. The lowest BCUT2D eigenvalue weighted by Gasteiger charge is -2.07. The zero-order valence-corrected chi connectivity index (χ0v) is 15.2. The molecule has 0 saturated carbocycles. The van der Waals surface area contributed by atoms with Crippen LogP contribution in [-0.4, -0.2) is 26.4 Å². The number of nitrogens with zero attached hydrogens (tertiary/aromatic N) is 3. The van der Waals surface area contributed by atoms with Crippen molar-refractivity contribution in [2.45, 2.75) is 11.6 Å². The molecule has 0 spiro atoms. The van der Waals surface area contributed by atoms with Gasteiger partial charge in [-0.1, -0.05) is 65.8 Å². The highest BCUT2D eigenvalue weighted by atomic mass is 35.5. The van der Waals surface area contributed by atoms with Crippen molar-refractivity contribution in [3.05, 3.63) is 59.6 Å². The van der Waals surface area contributed by atoms with Gasteiger partial charge in [0.25, 0.3) is 0 Å². The minimum atomic E-state index is -0.0777. The van der Waals surface area contributed by atoms with Gasteiger partial charge in [-0.05, 0) is 12.1 Å². The van der Waals surface area contributed by atoms with Crippen molar-refractivity contribution in [1.82, 2.24) is 14.8 Å². The van der Waals surface area contributed by atoms with Crippen LogP contribution in [0.3, 0.4) is 0 Å². The summed E-state index contributed by atoms with van der Waals surface area (Å²) in [5.74, 6) is 1.34. The summed E-state index contributed by atoms with van der Waals surface area (Å²) in [7, 11) is 1.93. The van der Waals surface area contributed by atoms with Crippen LogP contribution in [0.1, 0.15) is 6.42 Å². The van der Waals surface area contributed by atoms with Crippen molar-refractivity contribution in [1.29, 1.82) is 0 Å². The van der Waals surface area contributed by atoms with E-state index < -0.39 is 0 Å². The third-order valence-corrected chi connectivity index (χ3v) is 4.93. The Morgan fingerprint density at radius 3 is 2.60 bits per heavy atom. The second kappa shape index (κ2) is 8.18. The molecule has 3 aromatic rings. The van der Waals surface area contributed by atoms with Crippen LogP contribution in [0.2, 0.25) is 5.02 Å². The fraction of sp³-hybridized carbons (Fsp3) is 0.167. The first-order valence-electron chi connectivity index (χ1n) is 7.77. The van der Waals surface area contributed by atoms with Crippen LogP contribution in [0.25, 0.3) is 11.4 Å². The van der Waals surface area contributed by atoms with E-state index in [1.807, 2.05) is 54.1 Å². The van der Waals surface area contributed by atoms with Crippen molar-refractivity contribution < 1.29 is 4.79 Å². The summed E-state index contributed by atoms with van der Waals surface area (Å²) < 4.78 is 1.94. The summed E-state index contributed by atoms with van der Waals surface area (Å²) in [6.45, 7) is 0.